The van der Waals surface area contributed by atoms with Crippen molar-refractivity contribution >= 4 is 17.3 Å². The molecule has 1 aliphatic heterocycles. The molecule has 3 rings (SSSR count). The average molecular weight is 311 g/mol. The molecule has 0 bridgehead atoms. The van der Waals surface area contributed by atoms with Gasteiger partial charge in [0.15, 0.2) is 0 Å². The molecule has 1 fully saturated rings. The van der Waals surface area contributed by atoms with Gasteiger partial charge in [0.25, 0.3) is 5.91 Å². The molecule has 23 heavy (non-hydrogen) atoms. The number of hydrogen-bond donors (Lipinski definition) is 3. The van der Waals surface area contributed by atoms with Crippen molar-refractivity contribution in [3.8, 4) is 5.75 Å². The zero-order valence-corrected chi connectivity index (χ0v) is 13.1. The molecule has 2 aromatic rings. The highest BCUT2D eigenvalue weighted by Crippen LogP contribution is 2.23. The van der Waals surface area contributed by atoms with Gasteiger partial charge in [-0.2, -0.15) is 0 Å². The highest BCUT2D eigenvalue weighted by atomic mass is 16.5. The van der Waals surface area contributed by atoms with Gasteiger partial charge in [0.05, 0.1) is 18.4 Å². The molecule has 0 unspecified atom stereocenters. The van der Waals surface area contributed by atoms with Gasteiger partial charge in [-0.3, -0.25) is 4.79 Å². The van der Waals surface area contributed by atoms with Crippen molar-refractivity contribution in [2.75, 3.05) is 32.1 Å². The summed E-state index contributed by atoms with van der Waals surface area (Å²) in [5, 5.41) is 9.50. The number of carbonyl (C=O) groups excluding carboxylic acids is 1. The lowest BCUT2D eigenvalue weighted by Crippen LogP contribution is -2.48. The normalized spacial score (nSPS) is 14.0. The quantitative estimate of drug-likeness (QED) is 0.766. The van der Waals surface area contributed by atoms with Crippen LogP contribution in [0.25, 0.3) is 0 Å². The average Bonchev–Trinajstić information content (AvgIpc) is 2.54. The molecular formula is C18H21N3O2. The molecule has 5 nitrogen and oxygen atoms in total. The van der Waals surface area contributed by atoms with E-state index < -0.39 is 0 Å². The fourth-order valence-electron chi connectivity index (χ4n) is 2.45. The number of nitrogens with one attached hydrogen (secondary N) is 3. The van der Waals surface area contributed by atoms with Crippen molar-refractivity contribution in [3.05, 3.63) is 54.1 Å². The first-order chi connectivity index (χ1) is 11.3. The van der Waals surface area contributed by atoms with Crippen LogP contribution >= 0.6 is 0 Å². The lowest BCUT2D eigenvalue weighted by atomic mass is 10.0. The van der Waals surface area contributed by atoms with E-state index in [1.807, 2.05) is 48.5 Å². The molecule has 0 spiro atoms. The van der Waals surface area contributed by atoms with E-state index in [1.54, 1.807) is 7.11 Å². The van der Waals surface area contributed by atoms with Gasteiger partial charge in [0.1, 0.15) is 5.75 Å². The molecule has 2 aromatic carbocycles. The molecule has 0 radical (unpaired) electrons. The Hall–Kier alpha value is -2.53. The topological polar surface area (TPSA) is 62.4 Å². The number of ether oxygens (including phenoxy) is 1. The van der Waals surface area contributed by atoms with E-state index in [-0.39, 0.29) is 5.91 Å². The Labute approximate surface area is 136 Å². The van der Waals surface area contributed by atoms with Crippen molar-refractivity contribution in [2.45, 2.75) is 0 Å². The number of carbonyl (C=O) groups is 1. The monoisotopic (exact) mass is 311 g/mol. The van der Waals surface area contributed by atoms with Crippen LogP contribution < -0.4 is 20.7 Å². The maximum Gasteiger partial charge on any atom is 0.253 e. The predicted molar refractivity (Wildman–Crippen MR) is 91.4 cm³/mol. The summed E-state index contributed by atoms with van der Waals surface area (Å²) in [5.41, 5.74) is 2.35. The van der Waals surface area contributed by atoms with Crippen LogP contribution in [0.3, 0.4) is 0 Å². The summed E-state index contributed by atoms with van der Waals surface area (Å²) in [6, 6.07) is 15.1. The Kier molecular flexibility index (Phi) is 4.78. The first-order valence-corrected chi connectivity index (χ1v) is 7.75. The van der Waals surface area contributed by atoms with Crippen LogP contribution in [-0.4, -0.2) is 32.7 Å². The molecule has 0 atom stereocenters. The van der Waals surface area contributed by atoms with E-state index in [0.717, 1.165) is 30.2 Å². The molecule has 5 heteroatoms. The molecule has 1 amide bonds. The summed E-state index contributed by atoms with van der Waals surface area (Å²) in [4.78, 5) is 12.4. The minimum Gasteiger partial charge on any atom is -0.497 e. The van der Waals surface area contributed by atoms with Crippen molar-refractivity contribution < 1.29 is 9.53 Å². The smallest absolute Gasteiger partial charge is 0.253 e. The third kappa shape index (κ3) is 3.81. The van der Waals surface area contributed by atoms with Crippen molar-refractivity contribution in [3.63, 3.8) is 0 Å². The van der Waals surface area contributed by atoms with Crippen molar-refractivity contribution in [1.29, 1.82) is 0 Å². The Morgan fingerprint density at radius 1 is 1.17 bits per heavy atom. The van der Waals surface area contributed by atoms with E-state index >= 15 is 0 Å². The summed E-state index contributed by atoms with van der Waals surface area (Å²) in [5.74, 6) is 1.30. The first-order valence-electron chi connectivity index (χ1n) is 7.75. The second kappa shape index (κ2) is 7.15. The fraction of sp³-hybridized carbons (Fsp3) is 0.278. The highest BCUT2D eigenvalue weighted by molar-refractivity contribution is 6.00. The largest absolute Gasteiger partial charge is 0.497 e. The van der Waals surface area contributed by atoms with Crippen LogP contribution in [0.15, 0.2) is 48.5 Å². The van der Waals surface area contributed by atoms with Crippen LogP contribution in [-0.2, 0) is 0 Å². The molecule has 120 valence electrons. The zero-order chi connectivity index (χ0) is 16.1. The molecule has 0 saturated carbocycles. The van der Waals surface area contributed by atoms with Gasteiger partial charge >= 0.3 is 0 Å². The molecule has 0 aliphatic carbocycles. The van der Waals surface area contributed by atoms with E-state index in [2.05, 4.69) is 16.0 Å². The summed E-state index contributed by atoms with van der Waals surface area (Å²) in [7, 11) is 1.64. The lowest BCUT2D eigenvalue weighted by molar-refractivity contribution is 0.0943. The predicted octanol–water partition coefficient (Wildman–Crippen LogP) is 2.39. The Balaban J connectivity index is 1.69. The maximum absolute atomic E-state index is 12.4. The van der Waals surface area contributed by atoms with E-state index in [9.17, 15) is 4.79 Å². The highest BCUT2D eigenvalue weighted by Gasteiger charge is 2.18. The number of rotatable bonds is 6. The lowest BCUT2D eigenvalue weighted by Gasteiger charge is -2.27. The maximum atomic E-state index is 12.4. The minimum atomic E-state index is -0.0477. The molecule has 0 aromatic heterocycles. The second-order valence-corrected chi connectivity index (χ2v) is 5.63. The number of benzene rings is 2. The molecule has 1 aliphatic rings. The van der Waals surface area contributed by atoms with Gasteiger partial charge < -0.3 is 20.7 Å². The van der Waals surface area contributed by atoms with Gasteiger partial charge in [-0.25, -0.2) is 0 Å². The third-order valence-corrected chi connectivity index (χ3v) is 3.96. The Morgan fingerprint density at radius 2 is 1.91 bits per heavy atom. The van der Waals surface area contributed by atoms with Gasteiger partial charge in [0, 0.05) is 31.2 Å². The van der Waals surface area contributed by atoms with Crippen LogP contribution in [0.1, 0.15) is 10.4 Å². The zero-order valence-electron chi connectivity index (χ0n) is 13.1. The van der Waals surface area contributed by atoms with Gasteiger partial charge in [-0.15, -0.1) is 0 Å². The number of methoxy groups -OCH3 is 1. The molecule has 3 N–H and O–H groups in total. The van der Waals surface area contributed by atoms with Gasteiger partial charge in [0.2, 0.25) is 0 Å². The van der Waals surface area contributed by atoms with Crippen LogP contribution in [0.5, 0.6) is 5.75 Å². The van der Waals surface area contributed by atoms with E-state index in [4.69, 9.17) is 4.74 Å². The Bertz CT molecular complexity index is 666. The SMILES string of the molecule is COc1ccc(Nc2ccccc2C(=O)NCC2CNC2)cc1. The van der Waals surface area contributed by atoms with Crippen LogP contribution in [0.2, 0.25) is 0 Å². The fourth-order valence-corrected chi connectivity index (χ4v) is 2.45. The molecular weight excluding hydrogens is 290 g/mol. The Morgan fingerprint density at radius 3 is 2.57 bits per heavy atom. The molecule has 1 saturated heterocycles. The first kappa shape index (κ1) is 15.4. The van der Waals surface area contributed by atoms with Gasteiger partial charge in [-0.05, 0) is 36.4 Å². The third-order valence-electron chi connectivity index (χ3n) is 3.96. The van der Waals surface area contributed by atoms with Gasteiger partial charge in [-0.1, -0.05) is 12.1 Å². The van der Waals surface area contributed by atoms with Crippen LogP contribution in [0, 0.1) is 5.92 Å². The molecule has 1 heterocycles. The number of amides is 1. The number of hydrogen-bond acceptors (Lipinski definition) is 4. The summed E-state index contributed by atoms with van der Waals surface area (Å²) >= 11 is 0. The summed E-state index contributed by atoms with van der Waals surface area (Å²) in [6.45, 7) is 2.67. The minimum absolute atomic E-state index is 0.0477. The summed E-state index contributed by atoms with van der Waals surface area (Å²) < 4.78 is 5.15. The van der Waals surface area contributed by atoms with E-state index in [1.165, 1.54) is 0 Å². The van der Waals surface area contributed by atoms with Crippen molar-refractivity contribution in [2.24, 2.45) is 5.92 Å². The number of anilines is 2. The van der Waals surface area contributed by atoms with E-state index in [0.29, 0.717) is 18.0 Å². The second-order valence-electron chi connectivity index (χ2n) is 5.63. The van der Waals surface area contributed by atoms with Crippen molar-refractivity contribution in [1.82, 2.24) is 10.6 Å². The summed E-state index contributed by atoms with van der Waals surface area (Å²) in [6.07, 6.45) is 0. The van der Waals surface area contributed by atoms with Crippen LogP contribution in [0.4, 0.5) is 11.4 Å². The number of para-hydroxylation sites is 1. The standard InChI is InChI=1S/C18H21N3O2/c1-23-15-8-6-14(7-9-15)21-17-5-3-2-4-16(17)18(22)20-12-13-10-19-11-13/h2-9,13,19,21H,10-12H2,1H3,(H,20,22).